The van der Waals surface area contributed by atoms with Gasteiger partial charge in [-0.2, -0.15) is 0 Å². The number of fused-ring (bicyclic) bond motifs is 1. The van der Waals surface area contributed by atoms with Crippen LogP contribution in [0.3, 0.4) is 0 Å². The first-order chi connectivity index (χ1) is 20.9. The number of methoxy groups -OCH3 is 2. The predicted molar refractivity (Wildman–Crippen MR) is 166 cm³/mol. The zero-order chi connectivity index (χ0) is 30.1. The molecule has 0 saturated carbocycles. The highest BCUT2D eigenvalue weighted by Gasteiger charge is 2.48. The van der Waals surface area contributed by atoms with Gasteiger partial charge in [-0.1, -0.05) is 77.7 Å². The molecule has 1 amide bonds. The van der Waals surface area contributed by atoms with Crippen molar-refractivity contribution in [3.05, 3.63) is 107 Å². The van der Waals surface area contributed by atoms with Crippen molar-refractivity contribution in [1.82, 2.24) is 10.2 Å². The lowest BCUT2D eigenvalue weighted by Crippen LogP contribution is -2.29. The molecule has 0 aliphatic carbocycles. The monoisotopic (exact) mass is 611 g/mol. The lowest BCUT2D eigenvalue weighted by Gasteiger charge is -2.22. The molecule has 1 aromatic heterocycles. The Hall–Kier alpha value is -4.87. The third kappa shape index (κ3) is 5.28. The van der Waals surface area contributed by atoms with Gasteiger partial charge in [0.15, 0.2) is 15.8 Å². The smallest absolute Gasteiger partial charge is 0.301 e. The Balaban J connectivity index is 1.38. The molecule has 11 heteroatoms. The fourth-order valence-corrected chi connectivity index (χ4v) is 6.93. The molecule has 216 valence electrons. The van der Waals surface area contributed by atoms with Crippen molar-refractivity contribution < 1.29 is 29.3 Å². The van der Waals surface area contributed by atoms with Gasteiger partial charge in [0.25, 0.3) is 5.78 Å². The maximum atomic E-state index is 13.5. The SMILES string of the molecule is COc1ccc(C(O)=C2C(=O)C(=O)N(c3nnc(SCc4cccc5ccccc45)s3)C2c2ccc(O)cc2)cc1OC. The minimum absolute atomic E-state index is 0.0172. The van der Waals surface area contributed by atoms with E-state index in [2.05, 4.69) is 34.5 Å². The van der Waals surface area contributed by atoms with Crippen LogP contribution >= 0.6 is 23.1 Å². The number of aliphatic hydroxyl groups is 1. The lowest BCUT2D eigenvalue weighted by atomic mass is 9.95. The molecule has 1 unspecified atom stereocenters. The molecule has 4 aromatic carbocycles. The number of carbonyl (C=O) groups excluding carboxylic acids is 2. The maximum Gasteiger partial charge on any atom is 0.301 e. The van der Waals surface area contributed by atoms with Crippen LogP contribution in [0, 0.1) is 0 Å². The van der Waals surface area contributed by atoms with Crippen molar-refractivity contribution in [2.24, 2.45) is 0 Å². The van der Waals surface area contributed by atoms with E-state index in [9.17, 15) is 19.8 Å². The molecule has 0 radical (unpaired) electrons. The first-order valence-corrected chi connectivity index (χ1v) is 14.9. The van der Waals surface area contributed by atoms with E-state index in [1.165, 1.54) is 60.4 Å². The zero-order valence-corrected chi connectivity index (χ0v) is 24.7. The van der Waals surface area contributed by atoms with E-state index >= 15 is 0 Å². The number of hydrogen-bond acceptors (Lipinski definition) is 10. The van der Waals surface area contributed by atoms with Gasteiger partial charge in [-0.3, -0.25) is 14.5 Å². The average Bonchev–Trinajstić information content (AvgIpc) is 3.61. The van der Waals surface area contributed by atoms with Crippen LogP contribution < -0.4 is 14.4 Å². The molecular weight excluding hydrogens is 587 g/mol. The molecule has 1 atom stereocenters. The van der Waals surface area contributed by atoms with Gasteiger partial charge in [0, 0.05) is 11.3 Å². The van der Waals surface area contributed by atoms with Crippen LogP contribution in [-0.2, 0) is 15.3 Å². The topological polar surface area (TPSA) is 122 Å². The van der Waals surface area contributed by atoms with Crippen LogP contribution in [0.25, 0.3) is 16.5 Å². The summed E-state index contributed by atoms with van der Waals surface area (Å²) in [7, 11) is 2.95. The van der Waals surface area contributed by atoms with E-state index in [-0.39, 0.29) is 27.8 Å². The van der Waals surface area contributed by atoms with Crippen molar-refractivity contribution >= 4 is 56.5 Å². The van der Waals surface area contributed by atoms with Gasteiger partial charge in [0.2, 0.25) is 5.13 Å². The van der Waals surface area contributed by atoms with Crippen LogP contribution in [0.5, 0.6) is 17.2 Å². The molecule has 1 saturated heterocycles. The predicted octanol–water partition coefficient (Wildman–Crippen LogP) is 6.33. The number of hydrogen-bond donors (Lipinski definition) is 2. The average molecular weight is 612 g/mol. The molecule has 5 aromatic rings. The second-order valence-corrected chi connectivity index (χ2v) is 11.8. The van der Waals surface area contributed by atoms with Gasteiger partial charge in [-0.05, 0) is 52.2 Å². The maximum absolute atomic E-state index is 13.5. The summed E-state index contributed by atoms with van der Waals surface area (Å²) in [6.07, 6.45) is 0. The number of phenols is 1. The van der Waals surface area contributed by atoms with Gasteiger partial charge in [-0.15, -0.1) is 10.2 Å². The van der Waals surface area contributed by atoms with Crippen molar-refractivity contribution in [2.45, 2.75) is 16.1 Å². The van der Waals surface area contributed by atoms with E-state index in [0.29, 0.717) is 27.2 Å². The highest BCUT2D eigenvalue weighted by atomic mass is 32.2. The fraction of sp³-hybridized carbons (Fsp3) is 0.125. The van der Waals surface area contributed by atoms with Crippen molar-refractivity contribution in [3.8, 4) is 17.2 Å². The molecule has 2 N–H and O–H groups in total. The normalized spacial score (nSPS) is 16.1. The summed E-state index contributed by atoms with van der Waals surface area (Å²) >= 11 is 2.67. The number of amides is 1. The van der Waals surface area contributed by atoms with Gasteiger partial charge in [-0.25, -0.2) is 0 Å². The largest absolute Gasteiger partial charge is 0.508 e. The van der Waals surface area contributed by atoms with Gasteiger partial charge in [0.1, 0.15) is 11.5 Å². The molecule has 6 rings (SSSR count). The Morgan fingerprint density at radius 2 is 1.67 bits per heavy atom. The number of aliphatic hydroxyl groups excluding tert-OH is 1. The summed E-state index contributed by atoms with van der Waals surface area (Å²) in [4.78, 5) is 28.3. The molecular formula is C32H25N3O6S2. The number of ketones is 1. The first-order valence-electron chi connectivity index (χ1n) is 13.1. The number of rotatable bonds is 8. The number of Topliss-reactive ketones (excluding diaryl/α,β-unsaturated/α-hetero) is 1. The molecule has 43 heavy (non-hydrogen) atoms. The number of aromatic hydroxyl groups is 1. The zero-order valence-electron chi connectivity index (χ0n) is 23.1. The second kappa shape index (κ2) is 11.8. The molecule has 1 aliphatic heterocycles. The van der Waals surface area contributed by atoms with Crippen LogP contribution in [0.15, 0.2) is 94.8 Å². The summed E-state index contributed by atoms with van der Waals surface area (Å²) in [5.74, 6) is -0.656. The summed E-state index contributed by atoms with van der Waals surface area (Å²) in [6.45, 7) is 0. The number of aromatic nitrogens is 2. The number of ether oxygens (including phenoxy) is 2. The number of nitrogens with zero attached hydrogens (tertiary/aromatic N) is 3. The number of benzene rings is 4. The van der Waals surface area contributed by atoms with Gasteiger partial charge in [0.05, 0.1) is 25.8 Å². The van der Waals surface area contributed by atoms with Crippen molar-refractivity contribution in [2.75, 3.05) is 19.1 Å². The van der Waals surface area contributed by atoms with Crippen LogP contribution in [-0.4, -0.2) is 46.3 Å². The van der Waals surface area contributed by atoms with Crippen molar-refractivity contribution in [3.63, 3.8) is 0 Å². The Kier molecular flexibility index (Phi) is 7.75. The molecule has 2 heterocycles. The molecule has 1 aliphatic rings. The fourth-order valence-electron chi connectivity index (χ4n) is 5.06. The number of carbonyl (C=O) groups is 2. The Morgan fingerprint density at radius 1 is 0.930 bits per heavy atom. The number of thioether (sulfide) groups is 1. The van der Waals surface area contributed by atoms with E-state index in [1.54, 1.807) is 24.3 Å². The van der Waals surface area contributed by atoms with Crippen LogP contribution in [0.1, 0.15) is 22.7 Å². The summed E-state index contributed by atoms with van der Waals surface area (Å²) in [6, 6.07) is 24.1. The third-order valence-electron chi connectivity index (χ3n) is 7.14. The number of anilines is 1. The third-order valence-corrected chi connectivity index (χ3v) is 9.25. The van der Waals surface area contributed by atoms with E-state index < -0.39 is 17.7 Å². The minimum Gasteiger partial charge on any atom is -0.508 e. The minimum atomic E-state index is -1.02. The summed E-state index contributed by atoms with van der Waals surface area (Å²) in [5.41, 5.74) is 1.78. The Morgan fingerprint density at radius 3 is 2.44 bits per heavy atom. The highest BCUT2D eigenvalue weighted by molar-refractivity contribution is 8.00. The Bertz CT molecular complexity index is 1880. The van der Waals surface area contributed by atoms with E-state index in [1.807, 2.05) is 18.2 Å². The lowest BCUT2D eigenvalue weighted by molar-refractivity contribution is -0.132. The van der Waals surface area contributed by atoms with Gasteiger partial charge < -0.3 is 19.7 Å². The first kappa shape index (κ1) is 28.3. The van der Waals surface area contributed by atoms with Crippen LogP contribution in [0.2, 0.25) is 0 Å². The van der Waals surface area contributed by atoms with E-state index in [0.717, 1.165) is 16.3 Å². The summed E-state index contributed by atoms with van der Waals surface area (Å²) in [5, 5.41) is 32.4. The molecule has 0 spiro atoms. The summed E-state index contributed by atoms with van der Waals surface area (Å²) < 4.78 is 11.3. The van der Waals surface area contributed by atoms with Gasteiger partial charge >= 0.3 is 5.91 Å². The molecule has 1 fully saturated rings. The molecule has 0 bridgehead atoms. The molecule has 9 nitrogen and oxygen atoms in total. The van der Waals surface area contributed by atoms with Crippen LogP contribution in [0.4, 0.5) is 5.13 Å². The van der Waals surface area contributed by atoms with E-state index in [4.69, 9.17) is 9.47 Å². The second-order valence-electron chi connectivity index (χ2n) is 9.61. The highest BCUT2D eigenvalue weighted by Crippen LogP contribution is 2.45. The quantitative estimate of drug-likeness (QED) is 0.0681. The Labute approximate surface area is 255 Å². The van der Waals surface area contributed by atoms with Crippen molar-refractivity contribution in [1.29, 1.82) is 0 Å². The number of phenolic OH excluding ortho intramolecular Hbond substituents is 1. The standard InChI is InChI=1S/C32H25N3O6S2/c1-40-24-15-12-20(16-25(24)41-2)28(37)26-27(19-10-13-22(36)14-11-19)35(30(39)29(26)38)31-33-34-32(43-31)42-17-21-8-5-7-18-6-3-4-9-23(18)21/h3-16,27,36-37H,17H2,1-2H3.